The van der Waals surface area contributed by atoms with Crippen LogP contribution in [0.3, 0.4) is 0 Å². The lowest BCUT2D eigenvalue weighted by molar-refractivity contribution is -0.384. The van der Waals surface area contributed by atoms with Crippen molar-refractivity contribution in [2.45, 2.75) is 31.8 Å². The molecule has 3 aliphatic heterocycles. The van der Waals surface area contributed by atoms with E-state index in [0.29, 0.717) is 27.4 Å². The van der Waals surface area contributed by atoms with Gasteiger partial charge in [-0.2, -0.15) is 0 Å². The van der Waals surface area contributed by atoms with Crippen molar-refractivity contribution in [2.75, 3.05) is 13.1 Å². The van der Waals surface area contributed by atoms with Crippen LogP contribution in [0.1, 0.15) is 29.6 Å². The molecule has 2 aromatic rings. The summed E-state index contributed by atoms with van der Waals surface area (Å²) in [5, 5.41) is 14.7. The Hall–Kier alpha value is -2.32. The normalized spacial score (nSPS) is 27.3. The van der Waals surface area contributed by atoms with Crippen LogP contribution in [0.4, 0.5) is 5.69 Å². The summed E-state index contributed by atoms with van der Waals surface area (Å²) in [5.41, 5.74) is 0.513. The topological polar surface area (TPSA) is 88.4 Å². The molecule has 1 amide bonds. The van der Waals surface area contributed by atoms with Gasteiger partial charge in [0.15, 0.2) is 5.01 Å². The van der Waals surface area contributed by atoms with E-state index in [-0.39, 0.29) is 17.6 Å². The number of nitro groups is 1. The summed E-state index contributed by atoms with van der Waals surface area (Å²) in [5.74, 6) is 0.332. The Morgan fingerprint density at radius 1 is 1.35 bits per heavy atom. The number of para-hydroxylation sites is 1. The summed E-state index contributed by atoms with van der Waals surface area (Å²) in [6, 6.07) is 7.00. The minimum atomic E-state index is -0.413. The third kappa shape index (κ3) is 2.99. The van der Waals surface area contributed by atoms with Crippen LogP contribution in [0.5, 0.6) is 0 Å². The highest BCUT2D eigenvalue weighted by Crippen LogP contribution is 2.35. The second-order valence-corrected chi connectivity index (χ2v) is 7.95. The third-order valence-corrected chi connectivity index (χ3v) is 6.57. The fraction of sp³-hybridized carbons (Fsp3) is 0.444. The molecular formula is C18H20N4O3S. The van der Waals surface area contributed by atoms with Crippen molar-refractivity contribution in [1.82, 2.24) is 15.2 Å². The SMILES string of the molecule is CC1C(NC(=O)c2ncc(-c3ccccc3[N+](=O)[O-])s2)C2CCN1CC2. The minimum absolute atomic E-state index is 0.0223. The predicted molar refractivity (Wildman–Crippen MR) is 99.2 cm³/mol. The first-order valence-corrected chi connectivity index (χ1v) is 9.61. The van der Waals surface area contributed by atoms with Gasteiger partial charge in [-0.25, -0.2) is 4.98 Å². The van der Waals surface area contributed by atoms with Gasteiger partial charge in [-0.05, 0) is 44.8 Å². The van der Waals surface area contributed by atoms with E-state index >= 15 is 0 Å². The molecule has 136 valence electrons. The summed E-state index contributed by atoms with van der Waals surface area (Å²) < 4.78 is 0. The van der Waals surface area contributed by atoms with Gasteiger partial charge in [0.2, 0.25) is 0 Å². The molecule has 1 aromatic carbocycles. The predicted octanol–water partition coefficient (Wildman–Crippen LogP) is 2.93. The molecule has 7 nitrogen and oxygen atoms in total. The number of hydrogen-bond acceptors (Lipinski definition) is 6. The van der Waals surface area contributed by atoms with Crippen molar-refractivity contribution in [2.24, 2.45) is 5.92 Å². The molecule has 4 heterocycles. The van der Waals surface area contributed by atoms with E-state index in [9.17, 15) is 14.9 Å². The number of piperidine rings is 3. The van der Waals surface area contributed by atoms with Crippen molar-refractivity contribution in [3.05, 3.63) is 45.6 Å². The molecule has 3 fully saturated rings. The molecule has 5 rings (SSSR count). The van der Waals surface area contributed by atoms with Crippen LogP contribution >= 0.6 is 11.3 Å². The van der Waals surface area contributed by atoms with Gasteiger partial charge < -0.3 is 5.32 Å². The van der Waals surface area contributed by atoms with Crippen molar-refractivity contribution in [3.8, 4) is 10.4 Å². The lowest BCUT2D eigenvalue weighted by Gasteiger charge is -2.49. The largest absolute Gasteiger partial charge is 0.345 e. The van der Waals surface area contributed by atoms with E-state index in [4.69, 9.17) is 0 Å². The van der Waals surface area contributed by atoms with E-state index in [1.165, 1.54) is 17.4 Å². The van der Waals surface area contributed by atoms with E-state index in [0.717, 1.165) is 25.9 Å². The highest BCUT2D eigenvalue weighted by Gasteiger charge is 2.40. The van der Waals surface area contributed by atoms with Gasteiger partial charge in [-0.3, -0.25) is 19.8 Å². The highest BCUT2D eigenvalue weighted by molar-refractivity contribution is 7.17. The van der Waals surface area contributed by atoms with Crippen LogP contribution < -0.4 is 5.32 Å². The van der Waals surface area contributed by atoms with Crippen molar-refractivity contribution in [3.63, 3.8) is 0 Å². The molecule has 2 atom stereocenters. The van der Waals surface area contributed by atoms with Gasteiger partial charge in [0.05, 0.1) is 15.4 Å². The number of nitrogens with zero attached hydrogens (tertiary/aromatic N) is 3. The van der Waals surface area contributed by atoms with Crippen LogP contribution in [0.2, 0.25) is 0 Å². The molecule has 8 heteroatoms. The molecule has 26 heavy (non-hydrogen) atoms. The van der Waals surface area contributed by atoms with Crippen molar-refractivity contribution >= 4 is 22.9 Å². The van der Waals surface area contributed by atoms with E-state index in [1.807, 2.05) is 0 Å². The fourth-order valence-electron chi connectivity index (χ4n) is 4.10. The van der Waals surface area contributed by atoms with Gasteiger partial charge in [0.25, 0.3) is 11.6 Å². The van der Waals surface area contributed by atoms with Gasteiger partial charge in [-0.1, -0.05) is 12.1 Å². The Balaban J connectivity index is 1.53. The molecule has 0 radical (unpaired) electrons. The summed E-state index contributed by atoms with van der Waals surface area (Å²) >= 11 is 1.19. The fourth-order valence-corrected chi connectivity index (χ4v) is 4.96. The zero-order chi connectivity index (χ0) is 18.3. The van der Waals surface area contributed by atoms with Gasteiger partial charge in [0.1, 0.15) is 0 Å². The Kier molecular flexibility index (Phi) is 4.46. The minimum Gasteiger partial charge on any atom is -0.345 e. The number of thiazole rings is 1. The van der Waals surface area contributed by atoms with Crippen molar-refractivity contribution < 1.29 is 9.72 Å². The maximum Gasteiger partial charge on any atom is 0.280 e. The number of rotatable bonds is 4. The van der Waals surface area contributed by atoms with Gasteiger partial charge >= 0.3 is 0 Å². The number of benzene rings is 1. The Bertz CT molecular complexity index is 842. The number of carbonyl (C=O) groups is 1. The Labute approximate surface area is 155 Å². The summed E-state index contributed by atoms with van der Waals surface area (Å²) in [6.45, 7) is 4.38. The zero-order valence-corrected chi connectivity index (χ0v) is 15.2. The summed E-state index contributed by atoms with van der Waals surface area (Å²) in [4.78, 5) is 30.8. The smallest absolute Gasteiger partial charge is 0.280 e. The molecule has 0 aliphatic carbocycles. The van der Waals surface area contributed by atoms with Crippen molar-refractivity contribution in [1.29, 1.82) is 0 Å². The first-order chi connectivity index (χ1) is 12.5. The van der Waals surface area contributed by atoms with Crippen LogP contribution in [0.15, 0.2) is 30.5 Å². The standard InChI is InChI=1S/C18H20N4O3S/c1-11-16(12-6-8-21(11)9-7-12)20-17(23)18-19-10-15(26-18)13-4-2-3-5-14(13)22(24)25/h2-5,10-12,16H,6-9H2,1H3,(H,20,23). The summed E-state index contributed by atoms with van der Waals surface area (Å²) in [7, 11) is 0. The van der Waals surface area contributed by atoms with E-state index in [1.54, 1.807) is 24.4 Å². The van der Waals surface area contributed by atoms with Gasteiger partial charge in [0, 0.05) is 24.3 Å². The lowest BCUT2D eigenvalue weighted by atomic mass is 9.79. The first-order valence-electron chi connectivity index (χ1n) is 8.79. The Morgan fingerprint density at radius 3 is 2.77 bits per heavy atom. The molecule has 1 N–H and O–H groups in total. The molecule has 2 bridgehead atoms. The molecule has 3 aliphatic rings. The average molecular weight is 372 g/mol. The average Bonchev–Trinajstić information content (AvgIpc) is 3.15. The van der Waals surface area contributed by atoms with E-state index < -0.39 is 4.92 Å². The number of hydrogen-bond donors (Lipinski definition) is 1. The number of fused-ring (bicyclic) bond motifs is 3. The molecule has 0 spiro atoms. The third-order valence-electron chi connectivity index (χ3n) is 5.54. The second kappa shape index (κ2) is 6.77. The van der Waals surface area contributed by atoms with E-state index in [2.05, 4.69) is 22.1 Å². The number of aromatic nitrogens is 1. The molecular weight excluding hydrogens is 352 g/mol. The molecule has 1 aromatic heterocycles. The Morgan fingerprint density at radius 2 is 2.08 bits per heavy atom. The maximum absolute atomic E-state index is 12.7. The summed E-state index contributed by atoms with van der Waals surface area (Å²) in [6.07, 6.45) is 3.78. The quantitative estimate of drug-likeness (QED) is 0.658. The van der Waals surface area contributed by atoms with Crippen LogP contribution in [0.25, 0.3) is 10.4 Å². The van der Waals surface area contributed by atoms with Gasteiger partial charge in [-0.15, -0.1) is 11.3 Å². The molecule has 3 saturated heterocycles. The maximum atomic E-state index is 12.7. The zero-order valence-electron chi connectivity index (χ0n) is 14.4. The van der Waals surface area contributed by atoms with Crippen LogP contribution in [-0.2, 0) is 0 Å². The second-order valence-electron chi connectivity index (χ2n) is 6.92. The first kappa shape index (κ1) is 17.1. The van der Waals surface area contributed by atoms with Crippen LogP contribution in [0, 0.1) is 16.0 Å². The number of nitro benzene ring substituents is 1. The van der Waals surface area contributed by atoms with Crippen LogP contribution in [-0.4, -0.2) is 45.9 Å². The highest BCUT2D eigenvalue weighted by atomic mass is 32.1. The monoisotopic (exact) mass is 372 g/mol. The number of amides is 1. The number of nitrogens with one attached hydrogen (secondary N) is 1. The molecule has 2 unspecified atom stereocenters. The lowest BCUT2D eigenvalue weighted by Crippen LogP contribution is -2.62. The number of carbonyl (C=O) groups excluding carboxylic acids is 1. The molecule has 0 saturated carbocycles.